The van der Waals surface area contributed by atoms with Crippen LogP contribution in [0.25, 0.3) is 0 Å². The molecule has 0 amide bonds. The monoisotopic (exact) mass is 580 g/mol. The smallest absolute Gasteiger partial charge is 0.336 e. The SMILES string of the molecule is COC(=O)C1=C(C)NC(C)=C(C(=O)OCCN2CCC(c3ccccc3)(c3ccccc3)CC2)C1c1ccccc1OC. The topological polar surface area (TPSA) is 77.1 Å². The number of esters is 2. The maximum absolute atomic E-state index is 13.7. The van der Waals surface area contributed by atoms with Crippen molar-refractivity contribution in [3.8, 4) is 5.75 Å². The summed E-state index contributed by atoms with van der Waals surface area (Å²) < 4.78 is 16.7. The van der Waals surface area contributed by atoms with Crippen molar-refractivity contribution >= 4 is 11.9 Å². The number of piperidine rings is 1. The first-order valence-corrected chi connectivity index (χ1v) is 14.8. The number of methoxy groups -OCH3 is 2. The van der Waals surface area contributed by atoms with Crippen LogP contribution in [-0.4, -0.2) is 57.3 Å². The van der Waals surface area contributed by atoms with Crippen LogP contribution < -0.4 is 10.1 Å². The Hall–Kier alpha value is -4.36. The zero-order valence-corrected chi connectivity index (χ0v) is 25.4. The number of carbonyl (C=O) groups is 2. The van der Waals surface area contributed by atoms with Crippen molar-refractivity contribution in [3.63, 3.8) is 0 Å². The average molecular weight is 581 g/mol. The molecule has 1 unspecified atom stereocenters. The number of para-hydroxylation sites is 1. The number of hydrogen-bond acceptors (Lipinski definition) is 7. The summed E-state index contributed by atoms with van der Waals surface area (Å²) >= 11 is 0. The number of hydrogen-bond donors (Lipinski definition) is 1. The molecule has 5 rings (SSSR count). The second kappa shape index (κ2) is 13.3. The molecule has 2 aliphatic rings. The molecule has 0 aromatic heterocycles. The minimum absolute atomic E-state index is 0.0399. The van der Waals surface area contributed by atoms with Crippen LogP contribution in [0.4, 0.5) is 0 Å². The van der Waals surface area contributed by atoms with E-state index in [0.717, 1.165) is 25.9 Å². The lowest BCUT2D eigenvalue weighted by molar-refractivity contribution is -0.140. The molecule has 224 valence electrons. The van der Waals surface area contributed by atoms with Crippen LogP contribution in [-0.2, 0) is 24.5 Å². The van der Waals surface area contributed by atoms with Crippen LogP contribution in [0.3, 0.4) is 0 Å². The Kier molecular flexibility index (Phi) is 9.31. The number of benzene rings is 3. The molecule has 43 heavy (non-hydrogen) atoms. The minimum Gasteiger partial charge on any atom is -0.496 e. The Morgan fingerprint density at radius 3 is 1.88 bits per heavy atom. The minimum atomic E-state index is -0.690. The maximum Gasteiger partial charge on any atom is 0.336 e. The molecule has 0 aliphatic carbocycles. The van der Waals surface area contributed by atoms with Crippen molar-refractivity contribution in [1.29, 1.82) is 0 Å². The normalized spacial score (nSPS) is 18.6. The molecule has 3 aromatic rings. The first-order chi connectivity index (χ1) is 20.9. The van der Waals surface area contributed by atoms with Crippen molar-refractivity contribution in [2.75, 3.05) is 40.5 Å². The van der Waals surface area contributed by atoms with Gasteiger partial charge in [0.05, 0.1) is 31.3 Å². The van der Waals surface area contributed by atoms with Crippen molar-refractivity contribution in [2.45, 2.75) is 38.0 Å². The van der Waals surface area contributed by atoms with Crippen LogP contribution in [0.1, 0.15) is 49.3 Å². The van der Waals surface area contributed by atoms with Gasteiger partial charge in [0.15, 0.2) is 0 Å². The van der Waals surface area contributed by atoms with Gasteiger partial charge in [0.25, 0.3) is 0 Å². The van der Waals surface area contributed by atoms with Gasteiger partial charge in [-0.05, 0) is 57.0 Å². The standard InChI is InChI=1S/C36H40N2O5/c1-25-31(34(39)42-4)33(29-17-11-12-18-30(29)41-3)32(26(2)37-25)35(40)43-24-23-38-21-19-36(20-22-38,27-13-7-5-8-14-27)28-15-9-6-10-16-28/h5-18,33,37H,19-24H2,1-4H3. The van der Waals surface area contributed by atoms with Crippen molar-refractivity contribution in [1.82, 2.24) is 10.2 Å². The van der Waals surface area contributed by atoms with Crippen molar-refractivity contribution in [2.24, 2.45) is 0 Å². The molecule has 7 nitrogen and oxygen atoms in total. The summed E-state index contributed by atoms with van der Waals surface area (Å²) in [7, 11) is 2.92. The molecular formula is C36H40N2O5. The quantitative estimate of drug-likeness (QED) is 0.324. The number of dihydropyridines is 1. The highest BCUT2D eigenvalue weighted by molar-refractivity contribution is 6.00. The molecule has 0 bridgehead atoms. The summed E-state index contributed by atoms with van der Waals surface area (Å²) in [5.41, 5.74) is 5.34. The molecule has 0 spiro atoms. The Morgan fingerprint density at radius 2 is 1.33 bits per heavy atom. The van der Waals surface area contributed by atoms with E-state index in [1.165, 1.54) is 18.2 Å². The fourth-order valence-corrected chi connectivity index (χ4v) is 6.62. The number of rotatable bonds is 9. The van der Waals surface area contributed by atoms with E-state index >= 15 is 0 Å². The molecule has 2 aliphatic heterocycles. The van der Waals surface area contributed by atoms with Gasteiger partial charge >= 0.3 is 11.9 Å². The highest BCUT2D eigenvalue weighted by Crippen LogP contribution is 2.43. The van der Waals surface area contributed by atoms with Crippen LogP contribution in [0.15, 0.2) is 107 Å². The number of nitrogens with one attached hydrogen (secondary N) is 1. The van der Waals surface area contributed by atoms with Gasteiger partial charge in [0, 0.05) is 28.9 Å². The van der Waals surface area contributed by atoms with Gasteiger partial charge in [-0.2, -0.15) is 0 Å². The van der Waals surface area contributed by atoms with Gasteiger partial charge in [-0.25, -0.2) is 9.59 Å². The molecule has 7 heteroatoms. The van der Waals surface area contributed by atoms with E-state index in [1.54, 1.807) is 7.11 Å². The summed E-state index contributed by atoms with van der Waals surface area (Å²) in [6.07, 6.45) is 1.96. The highest BCUT2D eigenvalue weighted by atomic mass is 16.5. The molecule has 1 saturated heterocycles. The molecule has 0 saturated carbocycles. The Bertz CT molecular complexity index is 1460. The summed E-state index contributed by atoms with van der Waals surface area (Å²) in [5, 5.41) is 3.20. The molecule has 3 aromatic carbocycles. The predicted molar refractivity (Wildman–Crippen MR) is 167 cm³/mol. The van der Waals surface area contributed by atoms with Gasteiger partial charge in [-0.3, -0.25) is 4.90 Å². The summed E-state index contributed by atoms with van der Waals surface area (Å²) in [5.74, 6) is -1.08. The summed E-state index contributed by atoms with van der Waals surface area (Å²) in [6.45, 7) is 6.29. The lowest BCUT2D eigenvalue weighted by Gasteiger charge is -2.43. The molecule has 1 atom stereocenters. The Morgan fingerprint density at radius 1 is 0.791 bits per heavy atom. The van der Waals surface area contributed by atoms with E-state index in [2.05, 4.69) is 70.9 Å². The molecule has 2 heterocycles. The third kappa shape index (κ3) is 6.09. The fourth-order valence-electron chi connectivity index (χ4n) is 6.62. The first kappa shape index (κ1) is 30.1. The second-order valence-corrected chi connectivity index (χ2v) is 11.2. The fraction of sp³-hybridized carbons (Fsp3) is 0.333. The lowest BCUT2D eigenvalue weighted by Crippen LogP contribution is -2.44. The molecule has 0 radical (unpaired) electrons. The van der Waals surface area contributed by atoms with Crippen LogP contribution in [0.2, 0.25) is 0 Å². The van der Waals surface area contributed by atoms with E-state index in [9.17, 15) is 9.59 Å². The van der Waals surface area contributed by atoms with Gasteiger partial charge < -0.3 is 19.5 Å². The third-order valence-electron chi connectivity index (χ3n) is 8.84. The average Bonchev–Trinajstić information content (AvgIpc) is 3.05. The largest absolute Gasteiger partial charge is 0.496 e. The molecule has 1 fully saturated rings. The third-order valence-corrected chi connectivity index (χ3v) is 8.84. The second-order valence-electron chi connectivity index (χ2n) is 11.2. The number of ether oxygens (including phenoxy) is 3. The number of carbonyl (C=O) groups excluding carboxylic acids is 2. The van der Waals surface area contributed by atoms with E-state index in [-0.39, 0.29) is 12.0 Å². The summed E-state index contributed by atoms with van der Waals surface area (Å²) in [6, 6.07) is 28.9. The van der Waals surface area contributed by atoms with Gasteiger partial charge in [0.2, 0.25) is 0 Å². The predicted octanol–water partition coefficient (Wildman–Crippen LogP) is 5.73. The molecular weight excluding hydrogens is 540 g/mol. The van der Waals surface area contributed by atoms with Gasteiger partial charge in [-0.15, -0.1) is 0 Å². The summed E-state index contributed by atoms with van der Waals surface area (Å²) in [4.78, 5) is 29.0. The van der Waals surface area contributed by atoms with Gasteiger partial charge in [-0.1, -0.05) is 78.9 Å². The number of nitrogens with zero attached hydrogens (tertiary/aromatic N) is 1. The molecule has 1 N–H and O–H groups in total. The van der Waals surface area contributed by atoms with Crippen molar-refractivity contribution < 1.29 is 23.8 Å². The van der Waals surface area contributed by atoms with E-state index < -0.39 is 17.9 Å². The zero-order chi connectivity index (χ0) is 30.4. The highest BCUT2D eigenvalue weighted by Gasteiger charge is 2.40. The van der Waals surface area contributed by atoms with Crippen LogP contribution in [0.5, 0.6) is 5.75 Å². The zero-order valence-electron chi connectivity index (χ0n) is 25.4. The Balaban J connectivity index is 1.30. The van der Waals surface area contributed by atoms with Crippen LogP contribution in [0, 0.1) is 0 Å². The van der Waals surface area contributed by atoms with E-state index in [4.69, 9.17) is 14.2 Å². The number of likely N-dealkylation sites (tertiary alicyclic amines) is 1. The van der Waals surface area contributed by atoms with Gasteiger partial charge in [0.1, 0.15) is 12.4 Å². The van der Waals surface area contributed by atoms with Crippen LogP contribution >= 0.6 is 0 Å². The Labute approximate surface area is 254 Å². The van der Waals surface area contributed by atoms with E-state index in [1.807, 2.05) is 38.1 Å². The lowest BCUT2D eigenvalue weighted by atomic mass is 9.68. The maximum atomic E-state index is 13.7. The number of allylic oxidation sites excluding steroid dienone is 2. The first-order valence-electron chi connectivity index (χ1n) is 14.8. The van der Waals surface area contributed by atoms with E-state index in [0.29, 0.717) is 40.4 Å². The van der Waals surface area contributed by atoms with Crippen molar-refractivity contribution in [3.05, 3.63) is 124 Å².